The molecule has 1 aromatic rings. The summed E-state index contributed by atoms with van der Waals surface area (Å²) in [5.74, 6) is -0.216. The number of benzene rings is 1. The molecule has 0 aliphatic carbocycles. The first-order valence-electron chi connectivity index (χ1n) is 6.64. The first-order valence-corrected chi connectivity index (χ1v) is 7.43. The Morgan fingerprint density at radius 1 is 1.32 bits per heavy atom. The highest BCUT2D eigenvalue weighted by molar-refractivity contribution is 9.10. The van der Waals surface area contributed by atoms with Crippen LogP contribution >= 0.6 is 15.9 Å². The second-order valence-corrected chi connectivity index (χ2v) is 5.83. The standard InChI is InChI=1S/C15H22BrNO2/c1-4-5-6-11-15(2,14(18)19-3)17-13-9-7-12(16)8-10-13/h7-10,17H,4-6,11H2,1-3H3. The molecule has 1 N–H and O–H groups in total. The van der Waals surface area contributed by atoms with E-state index in [1.54, 1.807) is 0 Å². The molecule has 1 rings (SSSR count). The first kappa shape index (κ1) is 16.0. The van der Waals surface area contributed by atoms with Gasteiger partial charge < -0.3 is 10.1 Å². The van der Waals surface area contributed by atoms with Gasteiger partial charge in [0.1, 0.15) is 5.54 Å². The van der Waals surface area contributed by atoms with Crippen LogP contribution in [0.5, 0.6) is 0 Å². The lowest BCUT2D eigenvalue weighted by Gasteiger charge is -2.29. The fraction of sp³-hybridized carbons (Fsp3) is 0.533. The van der Waals surface area contributed by atoms with Crippen LogP contribution in [-0.2, 0) is 9.53 Å². The predicted octanol–water partition coefficient (Wildman–Crippen LogP) is 4.37. The molecular weight excluding hydrogens is 306 g/mol. The number of unbranched alkanes of at least 4 members (excludes halogenated alkanes) is 2. The van der Waals surface area contributed by atoms with Gasteiger partial charge in [-0.1, -0.05) is 42.1 Å². The number of carbonyl (C=O) groups is 1. The van der Waals surface area contributed by atoms with Crippen molar-refractivity contribution in [2.45, 2.75) is 45.1 Å². The Morgan fingerprint density at radius 2 is 1.95 bits per heavy atom. The number of nitrogens with one attached hydrogen (secondary N) is 1. The number of hydrogen-bond donors (Lipinski definition) is 1. The van der Waals surface area contributed by atoms with Crippen LogP contribution in [0.2, 0.25) is 0 Å². The van der Waals surface area contributed by atoms with Gasteiger partial charge in [0, 0.05) is 10.2 Å². The van der Waals surface area contributed by atoms with Crippen LogP contribution < -0.4 is 5.32 Å². The molecule has 0 bridgehead atoms. The zero-order valence-electron chi connectivity index (χ0n) is 11.8. The summed E-state index contributed by atoms with van der Waals surface area (Å²) in [5.41, 5.74) is 0.255. The first-order chi connectivity index (χ1) is 9.01. The highest BCUT2D eigenvalue weighted by atomic mass is 79.9. The summed E-state index contributed by atoms with van der Waals surface area (Å²) < 4.78 is 5.95. The molecule has 0 aliphatic rings. The van der Waals surface area contributed by atoms with Gasteiger partial charge in [-0.05, 0) is 37.6 Å². The average molecular weight is 328 g/mol. The zero-order chi connectivity index (χ0) is 14.3. The van der Waals surface area contributed by atoms with E-state index < -0.39 is 5.54 Å². The van der Waals surface area contributed by atoms with E-state index in [0.717, 1.165) is 35.8 Å². The number of halogens is 1. The highest BCUT2D eigenvalue weighted by Gasteiger charge is 2.33. The molecule has 0 aromatic heterocycles. The van der Waals surface area contributed by atoms with E-state index in [2.05, 4.69) is 28.2 Å². The van der Waals surface area contributed by atoms with Gasteiger partial charge in [0.25, 0.3) is 0 Å². The molecule has 0 aliphatic heterocycles. The average Bonchev–Trinajstić information content (AvgIpc) is 2.41. The maximum atomic E-state index is 12.0. The third kappa shape index (κ3) is 4.86. The van der Waals surface area contributed by atoms with Crippen LogP contribution in [0.25, 0.3) is 0 Å². The Kier molecular flexibility index (Phi) is 6.35. The van der Waals surface area contributed by atoms with Crippen molar-refractivity contribution in [2.75, 3.05) is 12.4 Å². The lowest BCUT2D eigenvalue weighted by Crippen LogP contribution is -2.44. The summed E-state index contributed by atoms with van der Waals surface area (Å²) in [6.45, 7) is 4.05. The topological polar surface area (TPSA) is 38.3 Å². The summed E-state index contributed by atoms with van der Waals surface area (Å²) in [6, 6.07) is 7.80. The van der Waals surface area contributed by atoms with Crippen molar-refractivity contribution in [1.82, 2.24) is 0 Å². The summed E-state index contributed by atoms with van der Waals surface area (Å²) in [6.07, 6.45) is 4.03. The van der Waals surface area contributed by atoms with Gasteiger partial charge in [0.2, 0.25) is 0 Å². The Labute approximate surface area is 123 Å². The summed E-state index contributed by atoms with van der Waals surface area (Å²) >= 11 is 3.40. The minimum atomic E-state index is -0.669. The van der Waals surface area contributed by atoms with Crippen molar-refractivity contribution >= 4 is 27.6 Å². The minimum absolute atomic E-state index is 0.216. The normalized spacial score (nSPS) is 13.7. The van der Waals surface area contributed by atoms with Crippen molar-refractivity contribution in [1.29, 1.82) is 0 Å². The molecule has 3 nitrogen and oxygen atoms in total. The van der Waals surface area contributed by atoms with Crippen LogP contribution in [0.1, 0.15) is 39.5 Å². The number of esters is 1. The molecule has 0 fully saturated rings. The predicted molar refractivity (Wildman–Crippen MR) is 82.3 cm³/mol. The second-order valence-electron chi connectivity index (χ2n) is 4.91. The molecule has 0 heterocycles. The van der Waals surface area contributed by atoms with Gasteiger partial charge in [-0.2, -0.15) is 0 Å². The number of rotatable bonds is 7. The maximum absolute atomic E-state index is 12.0. The van der Waals surface area contributed by atoms with Crippen LogP contribution in [0.3, 0.4) is 0 Å². The molecule has 106 valence electrons. The van der Waals surface area contributed by atoms with Gasteiger partial charge in [0.15, 0.2) is 0 Å². The molecule has 0 amide bonds. The largest absolute Gasteiger partial charge is 0.467 e. The van der Waals surface area contributed by atoms with E-state index >= 15 is 0 Å². The Balaban J connectivity index is 2.78. The van der Waals surface area contributed by atoms with E-state index in [-0.39, 0.29) is 5.97 Å². The maximum Gasteiger partial charge on any atom is 0.331 e. The molecule has 1 atom stereocenters. The van der Waals surface area contributed by atoms with E-state index in [0.29, 0.717) is 0 Å². The smallest absolute Gasteiger partial charge is 0.331 e. The van der Waals surface area contributed by atoms with E-state index in [4.69, 9.17) is 4.74 Å². The van der Waals surface area contributed by atoms with Crippen molar-refractivity contribution < 1.29 is 9.53 Å². The quantitative estimate of drug-likeness (QED) is 0.596. The van der Waals surface area contributed by atoms with E-state index in [1.807, 2.05) is 31.2 Å². The molecule has 1 aromatic carbocycles. The van der Waals surface area contributed by atoms with Crippen LogP contribution in [-0.4, -0.2) is 18.6 Å². The molecule has 0 spiro atoms. The van der Waals surface area contributed by atoms with Gasteiger partial charge in [-0.15, -0.1) is 0 Å². The van der Waals surface area contributed by atoms with Crippen LogP contribution in [0.15, 0.2) is 28.7 Å². The van der Waals surface area contributed by atoms with Crippen LogP contribution in [0.4, 0.5) is 5.69 Å². The number of ether oxygens (including phenoxy) is 1. The van der Waals surface area contributed by atoms with Crippen molar-refractivity contribution in [3.63, 3.8) is 0 Å². The monoisotopic (exact) mass is 327 g/mol. The molecule has 0 radical (unpaired) electrons. The van der Waals surface area contributed by atoms with Gasteiger partial charge in [-0.3, -0.25) is 0 Å². The number of carbonyl (C=O) groups excluding carboxylic acids is 1. The summed E-state index contributed by atoms with van der Waals surface area (Å²) in [5, 5.41) is 3.30. The number of methoxy groups -OCH3 is 1. The third-order valence-electron chi connectivity index (χ3n) is 3.18. The van der Waals surface area contributed by atoms with Crippen molar-refractivity contribution in [3.05, 3.63) is 28.7 Å². The summed E-state index contributed by atoms with van der Waals surface area (Å²) in [7, 11) is 1.43. The van der Waals surface area contributed by atoms with E-state index in [9.17, 15) is 4.79 Å². The molecule has 19 heavy (non-hydrogen) atoms. The lowest BCUT2D eigenvalue weighted by atomic mass is 9.94. The Hall–Kier alpha value is -1.03. The molecule has 0 saturated carbocycles. The fourth-order valence-electron chi connectivity index (χ4n) is 2.02. The number of hydrogen-bond acceptors (Lipinski definition) is 3. The molecule has 0 saturated heterocycles. The minimum Gasteiger partial charge on any atom is -0.467 e. The SMILES string of the molecule is CCCCCC(C)(Nc1ccc(Br)cc1)C(=O)OC. The Morgan fingerprint density at radius 3 is 2.47 bits per heavy atom. The van der Waals surface area contributed by atoms with E-state index in [1.165, 1.54) is 7.11 Å². The van der Waals surface area contributed by atoms with Crippen molar-refractivity contribution in [3.8, 4) is 0 Å². The molecular formula is C15H22BrNO2. The molecule has 1 unspecified atom stereocenters. The Bertz CT molecular complexity index is 405. The third-order valence-corrected chi connectivity index (χ3v) is 3.71. The van der Waals surface area contributed by atoms with Gasteiger partial charge in [-0.25, -0.2) is 4.79 Å². The number of anilines is 1. The lowest BCUT2D eigenvalue weighted by molar-refractivity contribution is -0.145. The highest BCUT2D eigenvalue weighted by Crippen LogP contribution is 2.24. The summed E-state index contributed by atoms with van der Waals surface area (Å²) in [4.78, 5) is 12.0. The second kappa shape index (κ2) is 7.53. The fourth-order valence-corrected chi connectivity index (χ4v) is 2.29. The van der Waals surface area contributed by atoms with Crippen molar-refractivity contribution in [2.24, 2.45) is 0 Å². The zero-order valence-corrected chi connectivity index (χ0v) is 13.4. The van der Waals surface area contributed by atoms with Gasteiger partial charge >= 0.3 is 5.97 Å². The van der Waals surface area contributed by atoms with Crippen LogP contribution in [0, 0.1) is 0 Å². The molecule has 4 heteroatoms. The van der Waals surface area contributed by atoms with Gasteiger partial charge in [0.05, 0.1) is 7.11 Å².